The molecule has 4 aliphatic rings. The summed E-state index contributed by atoms with van der Waals surface area (Å²) < 4.78 is 5.57. The molecular weight excluding hydrogens is 260 g/mol. The van der Waals surface area contributed by atoms with Crippen LogP contribution in [-0.2, 0) is 4.74 Å². The second-order valence-electron chi connectivity index (χ2n) is 8.31. The molecule has 7 atom stereocenters. The van der Waals surface area contributed by atoms with Crippen molar-refractivity contribution in [1.29, 1.82) is 0 Å². The molecule has 0 radical (unpaired) electrons. The number of allylic oxidation sites excluding steroid dienone is 1. The van der Waals surface area contributed by atoms with E-state index in [1.807, 2.05) is 7.11 Å². The zero-order chi connectivity index (χ0) is 14.6. The molecule has 0 aromatic rings. The minimum atomic E-state index is -0.0374. The Balaban J connectivity index is 1.59. The molecule has 21 heavy (non-hydrogen) atoms. The van der Waals surface area contributed by atoms with Crippen LogP contribution in [0.4, 0.5) is 0 Å². The predicted molar refractivity (Wildman–Crippen MR) is 83.9 cm³/mol. The predicted octanol–water partition coefficient (Wildman–Crippen LogP) is 3.94. The van der Waals surface area contributed by atoms with E-state index in [0.717, 1.165) is 30.1 Å². The number of fused-ring (bicyclic) bond motifs is 5. The number of methoxy groups -OCH3 is 1. The van der Waals surface area contributed by atoms with Gasteiger partial charge in [0.15, 0.2) is 0 Å². The number of hydrogen-bond donors (Lipinski definition) is 1. The molecule has 5 unspecified atom stereocenters. The van der Waals surface area contributed by atoms with Crippen LogP contribution in [0.25, 0.3) is 0 Å². The molecule has 0 aliphatic heterocycles. The van der Waals surface area contributed by atoms with Crippen LogP contribution in [0.15, 0.2) is 11.6 Å². The fraction of sp³-hybridized carbons (Fsp3) is 0.895. The molecule has 3 fully saturated rings. The molecule has 0 aromatic carbocycles. The van der Waals surface area contributed by atoms with Gasteiger partial charge in [-0.1, -0.05) is 18.6 Å². The fourth-order valence-corrected chi connectivity index (χ4v) is 6.46. The molecule has 0 heterocycles. The van der Waals surface area contributed by atoms with Crippen LogP contribution >= 0.6 is 0 Å². The first-order valence-electron chi connectivity index (χ1n) is 9.05. The first-order valence-corrected chi connectivity index (χ1v) is 9.05. The highest BCUT2D eigenvalue weighted by atomic mass is 16.5. The molecule has 1 N–H and O–H groups in total. The zero-order valence-electron chi connectivity index (χ0n) is 13.6. The minimum absolute atomic E-state index is 0.0374. The van der Waals surface area contributed by atoms with E-state index in [1.165, 1.54) is 44.9 Å². The molecule has 4 rings (SSSR count). The van der Waals surface area contributed by atoms with Gasteiger partial charge in [0.05, 0.1) is 12.2 Å². The van der Waals surface area contributed by atoms with Crippen molar-refractivity contribution in [2.45, 2.75) is 70.5 Å². The van der Waals surface area contributed by atoms with Crippen LogP contribution in [0, 0.1) is 29.1 Å². The SMILES string of the molecule is COC1C=C2CCC3C(CC[C@@]4(C)C3CC[C@@H]4O)C2CC1. The molecular formula is C19H30O2. The fourth-order valence-electron chi connectivity index (χ4n) is 6.46. The summed E-state index contributed by atoms with van der Waals surface area (Å²) in [6.45, 7) is 2.37. The van der Waals surface area contributed by atoms with Crippen molar-refractivity contribution in [3.8, 4) is 0 Å². The molecule has 0 saturated heterocycles. The van der Waals surface area contributed by atoms with Crippen molar-refractivity contribution < 1.29 is 9.84 Å². The Morgan fingerprint density at radius 1 is 1.10 bits per heavy atom. The first kappa shape index (κ1) is 14.3. The van der Waals surface area contributed by atoms with Gasteiger partial charge in [0.2, 0.25) is 0 Å². The van der Waals surface area contributed by atoms with Crippen LogP contribution in [0.1, 0.15) is 58.3 Å². The smallest absolute Gasteiger partial charge is 0.0754 e. The first-order chi connectivity index (χ1) is 10.1. The van der Waals surface area contributed by atoms with Crippen molar-refractivity contribution in [3.63, 3.8) is 0 Å². The molecule has 118 valence electrons. The number of hydrogen-bond acceptors (Lipinski definition) is 2. The molecule has 0 bridgehead atoms. The second kappa shape index (κ2) is 5.09. The number of aliphatic hydroxyl groups is 1. The lowest BCUT2D eigenvalue weighted by Crippen LogP contribution is -2.47. The molecule has 0 amide bonds. The van der Waals surface area contributed by atoms with Crippen molar-refractivity contribution in [2.75, 3.05) is 7.11 Å². The third-order valence-corrected chi connectivity index (χ3v) is 7.67. The summed E-state index contributed by atoms with van der Waals surface area (Å²) >= 11 is 0. The summed E-state index contributed by atoms with van der Waals surface area (Å²) in [6, 6.07) is 0. The van der Waals surface area contributed by atoms with E-state index in [4.69, 9.17) is 4.74 Å². The Morgan fingerprint density at radius 3 is 2.76 bits per heavy atom. The van der Waals surface area contributed by atoms with Gasteiger partial charge in [-0.2, -0.15) is 0 Å². The van der Waals surface area contributed by atoms with Gasteiger partial charge in [-0.05, 0) is 80.5 Å². The highest BCUT2D eigenvalue weighted by Gasteiger charge is 2.55. The van der Waals surface area contributed by atoms with Crippen molar-refractivity contribution >= 4 is 0 Å². The van der Waals surface area contributed by atoms with E-state index in [0.29, 0.717) is 6.10 Å². The molecule has 2 heteroatoms. The van der Waals surface area contributed by atoms with Crippen LogP contribution < -0.4 is 0 Å². The summed E-state index contributed by atoms with van der Waals surface area (Å²) in [6.07, 6.45) is 12.9. The molecule has 4 aliphatic carbocycles. The summed E-state index contributed by atoms with van der Waals surface area (Å²) in [4.78, 5) is 0. The Kier molecular flexibility index (Phi) is 3.46. The van der Waals surface area contributed by atoms with Gasteiger partial charge in [-0.25, -0.2) is 0 Å². The van der Waals surface area contributed by atoms with E-state index < -0.39 is 0 Å². The summed E-state index contributed by atoms with van der Waals surface area (Å²) in [5.74, 6) is 3.39. The quantitative estimate of drug-likeness (QED) is 0.741. The van der Waals surface area contributed by atoms with E-state index in [9.17, 15) is 5.11 Å². The lowest BCUT2D eigenvalue weighted by atomic mass is 9.52. The lowest BCUT2D eigenvalue weighted by molar-refractivity contribution is -0.0554. The topological polar surface area (TPSA) is 29.5 Å². The largest absolute Gasteiger partial charge is 0.393 e. The molecule has 0 spiro atoms. The number of aliphatic hydroxyl groups excluding tert-OH is 1. The van der Waals surface area contributed by atoms with Crippen LogP contribution in [0.5, 0.6) is 0 Å². The van der Waals surface area contributed by atoms with Crippen molar-refractivity contribution in [3.05, 3.63) is 11.6 Å². The second-order valence-corrected chi connectivity index (χ2v) is 8.31. The number of ether oxygens (including phenoxy) is 1. The average Bonchev–Trinajstić information content (AvgIpc) is 2.82. The standard InChI is InChI=1S/C19H30O2/c1-19-10-9-15-14-6-4-13(21-2)11-12(14)3-5-16(15)17(19)7-8-18(19)20/h11,13-18,20H,3-10H2,1-2H3/t13?,14?,15?,16?,17?,18-,19-/m0/s1. The summed E-state index contributed by atoms with van der Waals surface area (Å²) in [5.41, 5.74) is 1.93. The van der Waals surface area contributed by atoms with E-state index in [1.54, 1.807) is 5.57 Å². The van der Waals surface area contributed by atoms with E-state index in [2.05, 4.69) is 13.0 Å². The third-order valence-electron chi connectivity index (χ3n) is 7.67. The van der Waals surface area contributed by atoms with Gasteiger partial charge in [-0.3, -0.25) is 0 Å². The Labute approximate surface area is 129 Å². The molecule has 0 aromatic heterocycles. The Bertz CT molecular complexity index is 443. The molecule has 3 saturated carbocycles. The summed E-state index contributed by atoms with van der Waals surface area (Å²) in [5, 5.41) is 10.4. The highest BCUT2D eigenvalue weighted by Crippen LogP contribution is 2.61. The van der Waals surface area contributed by atoms with E-state index >= 15 is 0 Å². The Hall–Kier alpha value is -0.340. The van der Waals surface area contributed by atoms with E-state index in [-0.39, 0.29) is 11.5 Å². The maximum atomic E-state index is 10.4. The zero-order valence-corrected chi connectivity index (χ0v) is 13.6. The van der Waals surface area contributed by atoms with Crippen LogP contribution in [0.2, 0.25) is 0 Å². The van der Waals surface area contributed by atoms with Crippen LogP contribution in [0.3, 0.4) is 0 Å². The monoisotopic (exact) mass is 290 g/mol. The van der Waals surface area contributed by atoms with Gasteiger partial charge >= 0.3 is 0 Å². The summed E-state index contributed by atoms with van der Waals surface area (Å²) in [7, 11) is 1.85. The van der Waals surface area contributed by atoms with Gasteiger partial charge in [0.1, 0.15) is 0 Å². The molecule has 2 nitrogen and oxygen atoms in total. The normalized spacial score (nSPS) is 52.6. The highest BCUT2D eigenvalue weighted by molar-refractivity contribution is 5.20. The van der Waals surface area contributed by atoms with Gasteiger partial charge in [0, 0.05) is 7.11 Å². The van der Waals surface area contributed by atoms with Gasteiger partial charge in [0.25, 0.3) is 0 Å². The lowest BCUT2D eigenvalue weighted by Gasteiger charge is -2.53. The van der Waals surface area contributed by atoms with Gasteiger partial charge in [-0.15, -0.1) is 0 Å². The Morgan fingerprint density at radius 2 is 1.95 bits per heavy atom. The maximum Gasteiger partial charge on any atom is 0.0754 e. The van der Waals surface area contributed by atoms with Gasteiger partial charge < -0.3 is 9.84 Å². The minimum Gasteiger partial charge on any atom is -0.393 e. The average molecular weight is 290 g/mol. The third kappa shape index (κ3) is 2.05. The van der Waals surface area contributed by atoms with Crippen LogP contribution in [-0.4, -0.2) is 24.4 Å². The number of rotatable bonds is 1. The van der Waals surface area contributed by atoms with Crippen molar-refractivity contribution in [1.82, 2.24) is 0 Å². The maximum absolute atomic E-state index is 10.4. The van der Waals surface area contributed by atoms with Crippen molar-refractivity contribution in [2.24, 2.45) is 29.1 Å².